The molecule has 1 saturated heterocycles. The van der Waals surface area contributed by atoms with E-state index in [0.29, 0.717) is 37.2 Å². The van der Waals surface area contributed by atoms with Gasteiger partial charge in [-0.2, -0.15) is 0 Å². The molecular formula is C38H39N5O5Si. The van der Waals surface area contributed by atoms with Crippen LogP contribution >= 0.6 is 0 Å². The number of aliphatic hydroxyl groups is 1. The van der Waals surface area contributed by atoms with Gasteiger partial charge in [0.2, 0.25) is 0 Å². The van der Waals surface area contributed by atoms with Gasteiger partial charge in [-0.25, -0.2) is 0 Å². The van der Waals surface area contributed by atoms with Gasteiger partial charge in [0.05, 0.1) is 35.3 Å². The van der Waals surface area contributed by atoms with Crippen molar-refractivity contribution in [2.75, 3.05) is 16.4 Å². The molecule has 3 aliphatic heterocycles. The fourth-order valence-corrected chi connectivity index (χ4v) is 11.1. The number of para-hydroxylation sites is 1. The van der Waals surface area contributed by atoms with E-state index in [1.165, 1.54) is 0 Å². The lowest BCUT2D eigenvalue weighted by molar-refractivity contribution is -0.146. The van der Waals surface area contributed by atoms with Crippen molar-refractivity contribution in [2.45, 2.75) is 63.2 Å². The third-order valence-electron chi connectivity index (χ3n) is 10.6. The van der Waals surface area contributed by atoms with Crippen LogP contribution in [-0.2, 0) is 34.6 Å². The van der Waals surface area contributed by atoms with Crippen molar-refractivity contribution in [3.63, 3.8) is 0 Å². The number of rotatable bonds is 9. The normalized spacial score (nSPS) is 23.0. The molecule has 0 radical (unpaired) electrons. The molecular weight excluding hydrogens is 635 g/mol. The molecule has 0 saturated carbocycles. The molecule has 0 bridgehead atoms. The van der Waals surface area contributed by atoms with Gasteiger partial charge >= 0.3 is 0 Å². The van der Waals surface area contributed by atoms with Crippen molar-refractivity contribution in [3.8, 4) is 0 Å². The zero-order valence-corrected chi connectivity index (χ0v) is 28.8. The maximum absolute atomic E-state index is 14.9. The Morgan fingerprint density at radius 2 is 1.71 bits per heavy atom. The number of aryl methyl sites for hydroxylation is 1. The molecule has 3 aliphatic rings. The Kier molecular flexibility index (Phi) is 7.56. The first kappa shape index (κ1) is 31.6. The third kappa shape index (κ3) is 4.94. The van der Waals surface area contributed by atoms with Crippen LogP contribution in [0.5, 0.6) is 0 Å². The summed E-state index contributed by atoms with van der Waals surface area (Å²) < 4.78 is 8.70. The Labute approximate surface area is 285 Å². The first-order valence-corrected chi connectivity index (χ1v) is 19.9. The molecule has 49 heavy (non-hydrogen) atoms. The summed E-state index contributed by atoms with van der Waals surface area (Å²) in [6, 6.07) is 27.4. The minimum absolute atomic E-state index is 0.000318. The highest BCUT2D eigenvalue weighted by Crippen LogP contribution is 2.59. The second-order valence-corrected chi connectivity index (χ2v) is 18.0. The molecule has 2 N–H and O–H groups in total. The number of hydrogen-bond donors (Lipinski definition) is 2. The number of nitrogens with zero attached hydrogens (tertiary/aromatic N) is 5. The fourth-order valence-electron chi connectivity index (χ4n) is 8.54. The molecule has 2 amide bonds. The van der Waals surface area contributed by atoms with E-state index in [-0.39, 0.29) is 36.0 Å². The van der Waals surface area contributed by atoms with Crippen LogP contribution in [0.3, 0.4) is 0 Å². The summed E-state index contributed by atoms with van der Waals surface area (Å²) in [7, 11) is -2.82. The Morgan fingerprint density at radius 3 is 2.51 bits per heavy atom. The van der Waals surface area contributed by atoms with Gasteiger partial charge < -0.3 is 19.5 Å². The van der Waals surface area contributed by atoms with Gasteiger partial charge in [0, 0.05) is 53.9 Å². The maximum Gasteiger partial charge on any atom is 0.264 e. The van der Waals surface area contributed by atoms with E-state index in [9.17, 15) is 19.5 Å². The highest BCUT2D eigenvalue weighted by Gasteiger charge is 2.66. The maximum atomic E-state index is 14.9. The summed E-state index contributed by atoms with van der Waals surface area (Å²) in [4.78, 5) is 43.7. The zero-order chi connectivity index (χ0) is 34.1. The zero-order valence-electron chi connectivity index (χ0n) is 27.8. The number of fused-ring (bicyclic) bond motifs is 2. The number of hydrogen-bond acceptors (Lipinski definition) is 7. The van der Waals surface area contributed by atoms with E-state index < -0.39 is 13.9 Å². The Hall–Kier alpha value is -4.68. The van der Waals surface area contributed by atoms with E-state index >= 15 is 0 Å². The molecule has 4 aromatic carbocycles. The predicted molar refractivity (Wildman–Crippen MR) is 189 cm³/mol. The average molecular weight is 674 g/mol. The van der Waals surface area contributed by atoms with Crippen LogP contribution < -0.4 is 9.80 Å². The summed E-state index contributed by atoms with van der Waals surface area (Å²) in [5.41, 5.74) is 4.03. The van der Waals surface area contributed by atoms with Gasteiger partial charge in [0.15, 0.2) is 13.9 Å². The topological polar surface area (TPSA) is 121 Å². The molecule has 250 valence electrons. The lowest BCUT2D eigenvalue weighted by Gasteiger charge is -2.32. The van der Waals surface area contributed by atoms with Gasteiger partial charge in [-0.05, 0) is 60.8 Å². The van der Waals surface area contributed by atoms with Gasteiger partial charge in [0.25, 0.3) is 11.8 Å². The van der Waals surface area contributed by atoms with E-state index in [1.54, 1.807) is 14.5 Å². The fraction of sp³-hybridized carbons (Fsp3) is 0.316. The monoisotopic (exact) mass is 673 g/mol. The summed E-state index contributed by atoms with van der Waals surface area (Å²) in [5, 5.41) is 19.6. The van der Waals surface area contributed by atoms with Crippen LogP contribution in [0.15, 0.2) is 91.1 Å². The molecule has 4 heterocycles. The van der Waals surface area contributed by atoms with Crippen molar-refractivity contribution in [3.05, 3.63) is 114 Å². The van der Waals surface area contributed by atoms with Gasteiger partial charge in [0.1, 0.15) is 0 Å². The number of carbonyl (C=O) groups is 2. The first-order chi connectivity index (χ1) is 23.6. The summed E-state index contributed by atoms with van der Waals surface area (Å²) >= 11 is 0. The number of aliphatic hydroxyl groups excluding tert-OH is 1. The van der Waals surface area contributed by atoms with Crippen molar-refractivity contribution in [2.24, 2.45) is 5.92 Å². The Morgan fingerprint density at radius 1 is 0.959 bits per heavy atom. The van der Waals surface area contributed by atoms with E-state index in [2.05, 4.69) is 10.3 Å². The standard InChI is InChI=1S/C38H39N5O5Si/c1-24-35(49(2,3)47)33(17-19-41-23-27(18-20-44)39-40-41)48-38(24)30-14-4-5-15-31(30)42(37(38)46)22-25-9-6-12-28(21-25)43-32-16-8-11-26-10-7-13-29(34(26)32)36(43)45/h4-16,21,23-24,33,35,44,47H,17-20,22H2,1-3H3/t24-,33+,35-,38+/m1/s1. The smallest absolute Gasteiger partial charge is 0.264 e. The lowest BCUT2D eigenvalue weighted by atomic mass is 9.82. The lowest BCUT2D eigenvalue weighted by Crippen LogP contribution is -2.46. The second-order valence-electron chi connectivity index (χ2n) is 14.0. The first-order valence-electron chi connectivity index (χ1n) is 16.9. The largest absolute Gasteiger partial charge is 0.432 e. The number of ether oxygens (including phenoxy) is 1. The minimum Gasteiger partial charge on any atom is -0.432 e. The quantitative estimate of drug-likeness (QED) is 0.193. The molecule has 1 aromatic heterocycles. The van der Waals surface area contributed by atoms with Gasteiger partial charge in [-0.1, -0.05) is 66.7 Å². The Bertz CT molecular complexity index is 2100. The molecule has 1 spiro atoms. The molecule has 11 heteroatoms. The number of aromatic nitrogens is 3. The van der Waals surface area contributed by atoms with Crippen LogP contribution in [0.2, 0.25) is 18.6 Å². The summed E-state index contributed by atoms with van der Waals surface area (Å²) in [6.45, 7) is 6.69. The van der Waals surface area contributed by atoms with Crippen molar-refractivity contribution >= 4 is 48.0 Å². The molecule has 5 aromatic rings. The van der Waals surface area contributed by atoms with E-state index in [1.807, 2.05) is 111 Å². The van der Waals surface area contributed by atoms with Crippen molar-refractivity contribution in [1.82, 2.24) is 15.0 Å². The highest BCUT2D eigenvalue weighted by atomic mass is 28.4. The predicted octanol–water partition coefficient (Wildman–Crippen LogP) is 5.69. The summed E-state index contributed by atoms with van der Waals surface area (Å²) in [6.07, 6.45) is 2.42. The van der Waals surface area contributed by atoms with Crippen LogP contribution in [0.25, 0.3) is 10.8 Å². The molecule has 0 unspecified atom stereocenters. The second kappa shape index (κ2) is 11.7. The number of amides is 2. The molecule has 10 nitrogen and oxygen atoms in total. The number of carbonyl (C=O) groups excluding carboxylic acids is 2. The SMILES string of the molecule is C[C@@H]1[C@@H]([Si](C)(C)O)[C@H](CCn2cc(CCO)nn2)O[C@@]12C(=O)N(Cc1cccc(N3C(=O)c4cccc5cccc3c45)c1)c1ccccc12. The van der Waals surface area contributed by atoms with E-state index in [0.717, 1.165) is 39.0 Å². The summed E-state index contributed by atoms with van der Waals surface area (Å²) in [5.74, 6) is -0.490. The van der Waals surface area contributed by atoms with Crippen molar-refractivity contribution in [1.29, 1.82) is 0 Å². The van der Waals surface area contributed by atoms with Gasteiger partial charge in [-0.3, -0.25) is 19.2 Å². The number of benzene rings is 4. The molecule has 4 atom stereocenters. The van der Waals surface area contributed by atoms with Gasteiger partial charge in [-0.15, -0.1) is 5.10 Å². The van der Waals surface area contributed by atoms with Crippen molar-refractivity contribution < 1.29 is 24.2 Å². The van der Waals surface area contributed by atoms with Crippen LogP contribution in [-0.4, -0.2) is 57.7 Å². The number of anilines is 3. The molecule has 0 aliphatic carbocycles. The van der Waals surface area contributed by atoms with Crippen LogP contribution in [0.1, 0.15) is 40.5 Å². The minimum atomic E-state index is -2.82. The molecule has 1 fully saturated rings. The molecule has 8 rings (SSSR count). The van der Waals surface area contributed by atoms with Crippen LogP contribution in [0.4, 0.5) is 17.1 Å². The highest BCUT2D eigenvalue weighted by molar-refractivity contribution is 6.71. The van der Waals surface area contributed by atoms with E-state index in [4.69, 9.17) is 4.74 Å². The third-order valence-corrected chi connectivity index (χ3v) is 13.1. The average Bonchev–Trinajstić information content (AvgIpc) is 3.80. The Balaban J connectivity index is 1.11. The van der Waals surface area contributed by atoms with Crippen LogP contribution in [0, 0.1) is 5.92 Å².